The van der Waals surface area contributed by atoms with Crippen LogP contribution in [0.25, 0.3) is 11.0 Å². The Balaban J connectivity index is 1.93. The van der Waals surface area contributed by atoms with Crippen LogP contribution in [-0.2, 0) is 17.9 Å². The number of nitrogens with one attached hydrogen (secondary N) is 1. The van der Waals surface area contributed by atoms with Gasteiger partial charge in [-0.05, 0) is 43.2 Å². The monoisotopic (exact) mass is 357 g/mol. The van der Waals surface area contributed by atoms with Crippen molar-refractivity contribution in [2.24, 2.45) is 0 Å². The molecule has 6 heteroatoms. The predicted molar refractivity (Wildman–Crippen MR) is 101 cm³/mol. The molecule has 0 spiro atoms. The van der Waals surface area contributed by atoms with E-state index in [0.717, 1.165) is 23.0 Å². The molecule has 3 rings (SSSR count). The molecule has 0 saturated heterocycles. The van der Waals surface area contributed by atoms with E-state index in [1.807, 2.05) is 38.1 Å². The highest BCUT2D eigenvalue weighted by molar-refractivity contribution is 6.31. The second kappa shape index (κ2) is 7.15. The number of hydrogen-bond acceptors (Lipinski definition) is 2. The van der Waals surface area contributed by atoms with Gasteiger partial charge in [-0.2, -0.15) is 0 Å². The van der Waals surface area contributed by atoms with Gasteiger partial charge in [-0.25, -0.2) is 4.79 Å². The van der Waals surface area contributed by atoms with Gasteiger partial charge >= 0.3 is 5.69 Å². The number of benzene rings is 2. The Labute approximate surface area is 150 Å². The quantitative estimate of drug-likeness (QED) is 0.754. The minimum Gasteiger partial charge on any atom is -0.324 e. The van der Waals surface area contributed by atoms with Gasteiger partial charge in [0.1, 0.15) is 6.54 Å². The van der Waals surface area contributed by atoms with E-state index < -0.39 is 0 Å². The van der Waals surface area contributed by atoms with E-state index in [1.54, 1.807) is 22.8 Å². The number of imidazole rings is 1. The second-order valence-corrected chi connectivity index (χ2v) is 6.38. The zero-order valence-corrected chi connectivity index (χ0v) is 15.0. The van der Waals surface area contributed by atoms with Crippen molar-refractivity contribution in [2.45, 2.75) is 33.4 Å². The molecule has 0 radical (unpaired) electrons. The van der Waals surface area contributed by atoms with Crippen LogP contribution in [0, 0.1) is 6.92 Å². The summed E-state index contributed by atoms with van der Waals surface area (Å²) in [6, 6.07) is 12.9. The number of aromatic nitrogens is 2. The van der Waals surface area contributed by atoms with E-state index in [1.165, 1.54) is 4.57 Å². The molecule has 25 heavy (non-hydrogen) atoms. The molecule has 0 atom stereocenters. The van der Waals surface area contributed by atoms with E-state index in [4.69, 9.17) is 11.6 Å². The summed E-state index contributed by atoms with van der Waals surface area (Å²) in [4.78, 5) is 25.2. The number of nitrogens with zero attached hydrogens (tertiary/aromatic N) is 2. The molecular weight excluding hydrogens is 338 g/mol. The zero-order chi connectivity index (χ0) is 18.0. The Morgan fingerprint density at radius 1 is 1.08 bits per heavy atom. The van der Waals surface area contributed by atoms with E-state index in [0.29, 0.717) is 17.3 Å². The number of carbonyl (C=O) groups excluding carboxylic acids is 1. The van der Waals surface area contributed by atoms with Crippen LogP contribution in [0.2, 0.25) is 5.02 Å². The molecule has 0 aliphatic heterocycles. The molecule has 0 bridgehead atoms. The van der Waals surface area contributed by atoms with Crippen LogP contribution in [0.5, 0.6) is 0 Å². The molecule has 1 heterocycles. The number of anilines is 1. The van der Waals surface area contributed by atoms with E-state index >= 15 is 0 Å². The largest absolute Gasteiger partial charge is 0.329 e. The molecule has 0 aliphatic carbocycles. The smallest absolute Gasteiger partial charge is 0.324 e. The van der Waals surface area contributed by atoms with Gasteiger partial charge in [0.2, 0.25) is 5.91 Å². The van der Waals surface area contributed by atoms with Crippen molar-refractivity contribution < 1.29 is 4.79 Å². The first-order valence-electron chi connectivity index (χ1n) is 8.26. The Kier molecular flexibility index (Phi) is 4.95. The lowest BCUT2D eigenvalue weighted by molar-refractivity contribution is -0.116. The maximum Gasteiger partial charge on any atom is 0.329 e. The minimum absolute atomic E-state index is 0.0397. The fourth-order valence-electron chi connectivity index (χ4n) is 2.94. The third kappa shape index (κ3) is 3.33. The van der Waals surface area contributed by atoms with E-state index in [-0.39, 0.29) is 18.1 Å². The van der Waals surface area contributed by atoms with Gasteiger partial charge in [-0.3, -0.25) is 13.9 Å². The summed E-state index contributed by atoms with van der Waals surface area (Å²) < 4.78 is 3.23. The van der Waals surface area contributed by atoms with Crippen LogP contribution in [0.1, 0.15) is 18.9 Å². The van der Waals surface area contributed by atoms with E-state index in [9.17, 15) is 9.59 Å². The number of carbonyl (C=O) groups is 1. The third-order valence-corrected chi connectivity index (χ3v) is 4.63. The van der Waals surface area contributed by atoms with Crippen LogP contribution in [0.3, 0.4) is 0 Å². The number of fused-ring (bicyclic) bond motifs is 1. The summed E-state index contributed by atoms with van der Waals surface area (Å²) in [5, 5.41) is 3.43. The summed E-state index contributed by atoms with van der Waals surface area (Å²) in [5.41, 5.74) is 2.90. The number of halogens is 1. The molecule has 1 aromatic heterocycles. The van der Waals surface area contributed by atoms with Crippen molar-refractivity contribution in [1.29, 1.82) is 0 Å². The highest BCUT2D eigenvalue weighted by Crippen LogP contribution is 2.23. The number of rotatable bonds is 5. The average Bonchev–Trinajstić information content (AvgIpc) is 2.85. The highest BCUT2D eigenvalue weighted by atomic mass is 35.5. The number of amides is 1. The van der Waals surface area contributed by atoms with Crippen molar-refractivity contribution in [2.75, 3.05) is 5.32 Å². The minimum atomic E-state index is -0.258. The van der Waals surface area contributed by atoms with Crippen molar-refractivity contribution in [3.63, 3.8) is 0 Å². The first kappa shape index (κ1) is 17.3. The summed E-state index contributed by atoms with van der Waals surface area (Å²) >= 11 is 6.09. The van der Waals surface area contributed by atoms with Crippen molar-refractivity contribution >= 4 is 34.2 Å². The Hall–Kier alpha value is -2.53. The molecule has 5 nitrogen and oxygen atoms in total. The number of hydrogen-bond donors (Lipinski definition) is 1. The third-order valence-electron chi connectivity index (χ3n) is 4.22. The van der Waals surface area contributed by atoms with Crippen LogP contribution >= 0.6 is 11.6 Å². The van der Waals surface area contributed by atoms with Crippen molar-refractivity contribution in [3.05, 3.63) is 63.5 Å². The van der Waals surface area contributed by atoms with Gasteiger partial charge in [0, 0.05) is 17.3 Å². The summed E-state index contributed by atoms with van der Waals surface area (Å²) in [6.07, 6.45) is 0.849. The van der Waals surface area contributed by atoms with Crippen molar-refractivity contribution in [1.82, 2.24) is 9.13 Å². The normalized spacial score (nSPS) is 11.0. The van der Waals surface area contributed by atoms with Crippen LogP contribution < -0.4 is 11.0 Å². The lowest BCUT2D eigenvalue weighted by Crippen LogP contribution is -2.29. The van der Waals surface area contributed by atoms with Gasteiger partial charge in [0.05, 0.1) is 11.0 Å². The maximum atomic E-state index is 12.7. The predicted octanol–water partition coefficient (Wildman–Crippen LogP) is 3.81. The zero-order valence-electron chi connectivity index (χ0n) is 14.3. The first-order chi connectivity index (χ1) is 12.0. The van der Waals surface area contributed by atoms with Crippen LogP contribution in [0.15, 0.2) is 47.3 Å². The topological polar surface area (TPSA) is 56.0 Å². The molecule has 0 unspecified atom stereocenters. The number of para-hydroxylation sites is 2. The summed E-state index contributed by atoms with van der Waals surface area (Å²) in [7, 11) is 0. The van der Waals surface area contributed by atoms with Crippen molar-refractivity contribution in [3.8, 4) is 0 Å². The molecular formula is C19H20ClN3O2. The summed E-state index contributed by atoms with van der Waals surface area (Å²) in [5.74, 6) is -0.258. The van der Waals surface area contributed by atoms with Gasteiger partial charge in [0.25, 0.3) is 0 Å². The Morgan fingerprint density at radius 3 is 2.44 bits per heavy atom. The molecule has 130 valence electrons. The lowest BCUT2D eigenvalue weighted by Gasteiger charge is -2.10. The molecule has 3 aromatic rings. The molecule has 1 N–H and O–H groups in total. The molecule has 2 aromatic carbocycles. The molecule has 0 saturated carbocycles. The van der Waals surface area contributed by atoms with E-state index in [2.05, 4.69) is 5.32 Å². The maximum absolute atomic E-state index is 12.7. The van der Waals surface area contributed by atoms with Crippen LogP contribution in [-0.4, -0.2) is 15.0 Å². The highest BCUT2D eigenvalue weighted by Gasteiger charge is 2.15. The Morgan fingerprint density at radius 2 is 1.76 bits per heavy atom. The Bertz CT molecular complexity index is 988. The standard InChI is InChI=1S/C19H20ClN3O2/c1-3-11-22-16-9-4-5-10-17(16)23(19(22)25)12-18(24)21-15-8-6-7-14(20)13(15)2/h4-10H,3,11-12H2,1-2H3,(H,21,24). The van der Waals surface area contributed by atoms with Crippen LogP contribution in [0.4, 0.5) is 5.69 Å². The van der Waals surface area contributed by atoms with Gasteiger partial charge < -0.3 is 5.32 Å². The number of aryl methyl sites for hydroxylation is 1. The fourth-order valence-corrected chi connectivity index (χ4v) is 3.12. The molecule has 0 aliphatic rings. The van der Waals surface area contributed by atoms with Gasteiger partial charge in [-0.15, -0.1) is 0 Å². The average molecular weight is 358 g/mol. The molecule has 0 fully saturated rings. The fraction of sp³-hybridized carbons (Fsp3) is 0.263. The summed E-state index contributed by atoms with van der Waals surface area (Å²) in [6.45, 7) is 4.45. The van der Waals surface area contributed by atoms with Gasteiger partial charge in [0.15, 0.2) is 0 Å². The molecule has 1 amide bonds. The lowest BCUT2D eigenvalue weighted by atomic mass is 10.2. The SMILES string of the molecule is CCCn1c(=O)n(CC(=O)Nc2cccc(Cl)c2C)c2ccccc21. The van der Waals surface area contributed by atoms with Gasteiger partial charge in [-0.1, -0.05) is 36.7 Å². The second-order valence-electron chi connectivity index (χ2n) is 5.97. The first-order valence-corrected chi connectivity index (χ1v) is 8.63.